The number of Topliss-reactive ketones (excluding diaryl/α,β-unsaturated/α-hetero) is 1. The lowest BCUT2D eigenvalue weighted by Crippen LogP contribution is -2.18. The molecule has 0 saturated carbocycles. The fourth-order valence-corrected chi connectivity index (χ4v) is 1.20. The Balaban J connectivity index is 2.91. The molecule has 0 aliphatic rings. The Labute approximate surface area is 83.4 Å². The summed E-state index contributed by atoms with van der Waals surface area (Å²) in [4.78, 5) is 15.6. The van der Waals surface area contributed by atoms with Gasteiger partial charge >= 0.3 is 0 Å². The van der Waals surface area contributed by atoms with Gasteiger partial charge in [0, 0.05) is 18.0 Å². The molecule has 3 heteroatoms. The minimum absolute atomic E-state index is 0.0349. The summed E-state index contributed by atoms with van der Waals surface area (Å²) in [5, 5.41) is 8.84. The predicted octanol–water partition coefficient (Wildman–Crippen LogP) is 2.06. The van der Waals surface area contributed by atoms with Crippen LogP contribution in [-0.2, 0) is 0 Å². The molecule has 1 atom stereocenters. The smallest absolute Gasteiger partial charge is 0.181 e. The van der Waals surface area contributed by atoms with Crippen molar-refractivity contribution < 1.29 is 4.79 Å². The van der Waals surface area contributed by atoms with Crippen LogP contribution in [0, 0.1) is 23.2 Å². The van der Waals surface area contributed by atoms with Crippen molar-refractivity contribution in [2.24, 2.45) is 11.8 Å². The molecule has 0 bridgehead atoms. The molecule has 3 nitrogen and oxygen atoms in total. The second-order valence-electron chi connectivity index (χ2n) is 3.46. The van der Waals surface area contributed by atoms with E-state index in [1.165, 1.54) is 6.20 Å². The second kappa shape index (κ2) is 4.52. The number of ketones is 1. The molecule has 1 aromatic heterocycles. The highest BCUT2D eigenvalue weighted by Gasteiger charge is 2.22. The quantitative estimate of drug-likeness (QED) is 0.682. The van der Waals surface area contributed by atoms with Gasteiger partial charge in [0.1, 0.15) is 5.92 Å². The average molecular weight is 188 g/mol. The van der Waals surface area contributed by atoms with Crippen molar-refractivity contribution in [2.45, 2.75) is 13.8 Å². The maximum absolute atomic E-state index is 11.8. The molecule has 0 aliphatic carbocycles. The Hall–Kier alpha value is -1.69. The molecule has 0 radical (unpaired) electrons. The van der Waals surface area contributed by atoms with E-state index < -0.39 is 5.92 Å². The first-order valence-corrected chi connectivity index (χ1v) is 4.50. The molecule has 72 valence electrons. The summed E-state index contributed by atoms with van der Waals surface area (Å²) in [6.07, 6.45) is 3.10. The Morgan fingerprint density at radius 2 is 2.29 bits per heavy atom. The summed E-state index contributed by atoms with van der Waals surface area (Å²) in [5.41, 5.74) is 0.507. The fraction of sp³-hybridized carbons (Fsp3) is 0.364. The number of rotatable bonds is 3. The summed E-state index contributed by atoms with van der Waals surface area (Å²) in [6, 6.07) is 5.40. The van der Waals surface area contributed by atoms with Crippen LogP contribution in [0.4, 0.5) is 0 Å². The standard InChI is InChI=1S/C11H12N2O/c1-8(2)10(6-12)11(14)9-4-3-5-13-7-9/h3-5,7-8,10H,1-2H3. The first kappa shape index (κ1) is 10.4. The van der Waals surface area contributed by atoms with Crippen molar-refractivity contribution in [3.63, 3.8) is 0 Å². The molecular formula is C11H12N2O. The van der Waals surface area contributed by atoms with Gasteiger partial charge < -0.3 is 0 Å². The average Bonchev–Trinajstić information content (AvgIpc) is 2.19. The van der Waals surface area contributed by atoms with Crippen LogP contribution in [0.1, 0.15) is 24.2 Å². The van der Waals surface area contributed by atoms with Gasteiger partial charge in [-0.15, -0.1) is 0 Å². The van der Waals surface area contributed by atoms with Crippen LogP contribution in [0.3, 0.4) is 0 Å². The van der Waals surface area contributed by atoms with Crippen molar-refractivity contribution in [3.8, 4) is 6.07 Å². The van der Waals surface area contributed by atoms with E-state index in [1.807, 2.05) is 19.9 Å². The number of aromatic nitrogens is 1. The summed E-state index contributed by atoms with van der Waals surface area (Å²) >= 11 is 0. The van der Waals surface area contributed by atoms with Gasteiger partial charge in [-0.3, -0.25) is 9.78 Å². The molecule has 0 spiro atoms. The van der Waals surface area contributed by atoms with Crippen LogP contribution in [0.25, 0.3) is 0 Å². The van der Waals surface area contributed by atoms with Crippen LogP contribution in [-0.4, -0.2) is 10.8 Å². The third-order valence-electron chi connectivity index (χ3n) is 2.03. The minimum atomic E-state index is -0.570. The molecule has 0 fully saturated rings. The Bertz CT molecular complexity index is 351. The van der Waals surface area contributed by atoms with Crippen LogP contribution >= 0.6 is 0 Å². The van der Waals surface area contributed by atoms with E-state index >= 15 is 0 Å². The van der Waals surface area contributed by atoms with Gasteiger partial charge in [-0.2, -0.15) is 5.26 Å². The van der Waals surface area contributed by atoms with E-state index in [-0.39, 0.29) is 11.7 Å². The Morgan fingerprint density at radius 1 is 1.57 bits per heavy atom. The van der Waals surface area contributed by atoms with E-state index in [9.17, 15) is 4.79 Å². The first-order valence-electron chi connectivity index (χ1n) is 4.50. The molecule has 1 aromatic rings. The third-order valence-corrected chi connectivity index (χ3v) is 2.03. The molecule has 1 rings (SSSR count). The van der Waals surface area contributed by atoms with Crippen LogP contribution < -0.4 is 0 Å². The highest BCUT2D eigenvalue weighted by molar-refractivity contribution is 5.99. The van der Waals surface area contributed by atoms with Gasteiger partial charge in [0.15, 0.2) is 5.78 Å². The molecule has 0 N–H and O–H groups in total. The number of hydrogen-bond acceptors (Lipinski definition) is 3. The molecule has 14 heavy (non-hydrogen) atoms. The molecule has 1 heterocycles. The van der Waals surface area contributed by atoms with E-state index in [0.29, 0.717) is 5.56 Å². The number of nitrogens with zero attached hydrogens (tertiary/aromatic N) is 2. The summed E-state index contributed by atoms with van der Waals surface area (Å²) in [6.45, 7) is 3.73. The molecule has 0 saturated heterocycles. The van der Waals surface area contributed by atoms with E-state index in [1.54, 1.807) is 18.3 Å². The number of nitriles is 1. The largest absolute Gasteiger partial charge is 0.293 e. The highest BCUT2D eigenvalue weighted by atomic mass is 16.1. The monoisotopic (exact) mass is 188 g/mol. The van der Waals surface area contributed by atoms with Crippen molar-refractivity contribution in [1.82, 2.24) is 4.98 Å². The van der Waals surface area contributed by atoms with Crippen LogP contribution in [0.5, 0.6) is 0 Å². The number of carbonyl (C=O) groups is 1. The van der Waals surface area contributed by atoms with Gasteiger partial charge in [0.2, 0.25) is 0 Å². The van der Waals surface area contributed by atoms with E-state index in [2.05, 4.69) is 4.98 Å². The number of carbonyl (C=O) groups excluding carboxylic acids is 1. The van der Waals surface area contributed by atoms with Crippen molar-refractivity contribution in [1.29, 1.82) is 5.26 Å². The lowest BCUT2D eigenvalue weighted by Gasteiger charge is -2.10. The number of pyridine rings is 1. The Morgan fingerprint density at radius 3 is 2.71 bits per heavy atom. The summed E-state index contributed by atoms with van der Waals surface area (Å²) in [7, 11) is 0. The second-order valence-corrected chi connectivity index (χ2v) is 3.46. The Kier molecular flexibility index (Phi) is 3.35. The van der Waals surface area contributed by atoms with Crippen molar-refractivity contribution in [2.75, 3.05) is 0 Å². The highest BCUT2D eigenvalue weighted by Crippen LogP contribution is 2.15. The number of hydrogen-bond donors (Lipinski definition) is 0. The topological polar surface area (TPSA) is 53.8 Å². The maximum Gasteiger partial charge on any atom is 0.181 e. The van der Waals surface area contributed by atoms with E-state index in [4.69, 9.17) is 5.26 Å². The maximum atomic E-state index is 11.8. The van der Waals surface area contributed by atoms with Crippen molar-refractivity contribution in [3.05, 3.63) is 30.1 Å². The van der Waals surface area contributed by atoms with Gasteiger partial charge in [-0.25, -0.2) is 0 Å². The zero-order chi connectivity index (χ0) is 10.6. The predicted molar refractivity (Wildman–Crippen MR) is 52.5 cm³/mol. The van der Waals surface area contributed by atoms with Gasteiger partial charge in [0.25, 0.3) is 0 Å². The molecular weight excluding hydrogens is 176 g/mol. The van der Waals surface area contributed by atoms with Crippen molar-refractivity contribution >= 4 is 5.78 Å². The van der Waals surface area contributed by atoms with Crippen LogP contribution in [0.2, 0.25) is 0 Å². The zero-order valence-electron chi connectivity index (χ0n) is 8.27. The molecule has 0 aliphatic heterocycles. The van der Waals surface area contributed by atoms with Gasteiger partial charge in [0.05, 0.1) is 6.07 Å². The van der Waals surface area contributed by atoms with Gasteiger partial charge in [-0.1, -0.05) is 13.8 Å². The molecule has 1 unspecified atom stereocenters. The molecule has 0 amide bonds. The normalized spacial score (nSPS) is 12.1. The fourth-order valence-electron chi connectivity index (χ4n) is 1.20. The summed E-state index contributed by atoms with van der Waals surface area (Å²) in [5.74, 6) is -0.678. The van der Waals surface area contributed by atoms with E-state index in [0.717, 1.165) is 0 Å². The zero-order valence-corrected chi connectivity index (χ0v) is 8.27. The lowest BCUT2D eigenvalue weighted by atomic mass is 9.90. The minimum Gasteiger partial charge on any atom is -0.293 e. The molecule has 0 aromatic carbocycles. The lowest BCUT2D eigenvalue weighted by molar-refractivity contribution is 0.0924. The SMILES string of the molecule is CC(C)C(C#N)C(=O)c1cccnc1. The first-order chi connectivity index (χ1) is 6.66. The summed E-state index contributed by atoms with van der Waals surface area (Å²) < 4.78 is 0. The van der Waals surface area contributed by atoms with Gasteiger partial charge in [-0.05, 0) is 18.1 Å². The van der Waals surface area contributed by atoms with Crippen LogP contribution in [0.15, 0.2) is 24.5 Å². The third kappa shape index (κ3) is 2.17.